The maximum atomic E-state index is 5.75. The molecule has 1 fully saturated rings. The molecule has 1 aliphatic carbocycles. The van der Waals surface area contributed by atoms with E-state index >= 15 is 0 Å². The lowest BCUT2D eigenvalue weighted by Crippen LogP contribution is -2.30. The molecule has 2 aromatic rings. The molecule has 1 aromatic carbocycles. The van der Waals surface area contributed by atoms with Crippen LogP contribution in [0, 0.1) is 0 Å². The summed E-state index contributed by atoms with van der Waals surface area (Å²) in [5.74, 6) is 5.75. The van der Waals surface area contributed by atoms with E-state index < -0.39 is 0 Å². The zero-order chi connectivity index (χ0) is 14.7. The summed E-state index contributed by atoms with van der Waals surface area (Å²) >= 11 is 3.59. The molecule has 0 amide bonds. The van der Waals surface area contributed by atoms with Gasteiger partial charge in [0.25, 0.3) is 0 Å². The first kappa shape index (κ1) is 14.8. The number of nitrogens with one attached hydrogen (secondary N) is 1. The maximum Gasteiger partial charge on any atom is 0.0644 e. The van der Waals surface area contributed by atoms with Gasteiger partial charge in [0.1, 0.15) is 0 Å². The summed E-state index contributed by atoms with van der Waals surface area (Å²) in [7, 11) is 0. The second-order valence-corrected chi connectivity index (χ2v) is 6.52. The zero-order valence-corrected chi connectivity index (χ0v) is 13.6. The lowest BCUT2D eigenvalue weighted by atomic mass is 10.0. The van der Waals surface area contributed by atoms with Crippen LogP contribution >= 0.6 is 15.9 Å². The zero-order valence-electron chi connectivity index (χ0n) is 12.0. The van der Waals surface area contributed by atoms with Crippen LogP contribution in [0.2, 0.25) is 0 Å². The summed E-state index contributed by atoms with van der Waals surface area (Å²) in [5.41, 5.74) is 5.15. The van der Waals surface area contributed by atoms with E-state index in [1.165, 1.54) is 25.7 Å². The molecule has 1 heterocycles. The first-order valence-electron chi connectivity index (χ1n) is 7.52. The summed E-state index contributed by atoms with van der Waals surface area (Å²) in [6.07, 6.45) is 8.05. The van der Waals surface area contributed by atoms with Crippen molar-refractivity contribution in [3.05, 3.63) is 52.3 Å². The molecular weight excluding hydrogens is 328 g/mol. The third kappa shape index (κ3) is 3.36. The Morgan fingerprint density at radius 2 is 2.05 bits per heavy atom. The lowest BCUT2D eigenvalue weighted by Gasteiger charge is -2.17. The van der Waals surface area contributed by atoms with Crippen molar-refractivity contribution in [3.63, 3.8) is 0 Å². The van der Waals surface area contributed by atoms with Crippen molar-refractivity contribution in [1.82, 2.24) is 15.2 Å². The van der Waals surface area contributed by atoms with E-state index in [0.29, 0.717) is 6.04 Å². The van der Waals surface area contributed by atoms with Crippen LogP contribution in [0.3, 0.4) is 0 Å². The Bertz CT molecular complexity index is 589. The number of halogens is 1. The molecule has 3 rings (SSSR count). The highest BCUT2D eigenvalue weighted by atomic mass is 79.9. The third-order valence-corrected chi connectivity index (χ3v) is 4.98. The molecule has 1 aliphatic rings. The molecule has 21 heavy (non-hydrogen) atoms. The van der Waals surface area contributed by atoms with Crippen LogP contribution < -0.4 is 11.3 Å². The first-order valence-corrected chi connectivity index (χ1v) is 8.32. The fourth-order valence-electron chi connectivity index (χ4n) is 3.08. The number of hydrogen-bond donors (Lipinski definition) is 2. The van der Waals surface area contributed by atoms with E-state index in [9.17, 15) is 0 Å². The van der Waals surface area contributed by atoms with Gasteiger partial charge in [-0.05, 0) is 30.5 Å². The Morgan fingerprint density at radius 1 is 1.29 bits per heavy atom. The van der Waals surface area contributed by atoms with E-state index in [1.54, 1.807) is 0 Å². The van der Waals surface area contributed by atoms with Gasteiger partial charge in [-0.25, -0.2) is 0 Å². The SMILES string of the molecule is NNC(Cc1ccn(C2CCCC2)n1)c1ccccc1Br. The molecule has 0 aliphatic heterocycles. The lowest BCUT2D eigenvalue weighted by molar-refractivity contribution is 0.457. The van der Waals surface area contributed by atoms with Crippen LogP contribution in [-0.4, -0.2) is 9.78 Å². The summed E-state index contributed by atoms with van der Waals surface area (Å²) in [4.78, 5) is 0. The number of benzene rings is 1. The Kier molecular flexibility index (Phi) is 4.73. The van der Waals surface area contributed by atoms with Gasteiger partial charge in [-0.1, -0.05) is 47.0 Å². The van der Waals surface area contributed by atoms with Crippen LogP contribution in [0.1, 0.15) is 49.0 Å². The van der Waals surface area contributed by atoms with Gasteiger partial charge < -0.3 is 0 Å². The molecule has 1 saturated carbocycles. The number of rotatable bonds is 5. The Balaban J connectivity index is 1.74. The standard InChI is InChI=1S/C16H21BrN4/c17-15-8-4-3-7-14(15)16(19-18)11-12-9-10-21(20-12)13-5-1-2-6-13/h3-4,7-10,13,16,19H,1-2,5-6,11,18H2. The smallest absolute Gasteiger partial charge is 0.0644 e. The highest BCUT2D eigenvalue weighted by Crippen LogP contribution is 2.29. The van der Waals surface area contributed by atoms with Crippen LogP contribution in [0.5, 0.6) is 0 Å². The molecule has 1 unspecified atom stereocenters. The first-order chi connectivity index (χ1) is 10.3. The number of nitrogens with two attached hydrogens (primary N) is 1. The second-order valence-electron chi connectivity index (χ2n) is 5.67. The topological polar surface area (TPSA) is 55.9 Å². The van der Waals surface area contributed by atoms with Gasteiger partial charge in [-0.2, -0.15) is 5.10 Å². The fourth-order valence-corrected chi connectivity index (χ4v) is 3.65. The van der Waals surface area contributed by atoms with Crippen LogP contribution in [0.15, 0.2) is 41.0 Å². The number of aromatic nitrogens is 2. The molecule has 0 radical (unpaired) electrons. The molecule has 5 heteroatoms. The summed E-state index contributed by atoms with van der Waals surface area (Å²) in [6.45, 7) is 0. The average molecular weight is 349 g/mol. The maximum absolute atomic E-state index is 5.75. The Hall–Kier alpha value is -1.17. The third-order valence-electron chi connectivity index (χ3n) is 4.26. The van der Waals surface area contributed by atoms with Crippen LogP contribution in [0.4, 0.5) is 0 Å². The van der Waals surface area contributed by atoms with E-state index in [-0.39, 0.29) is 6.04 Å². The summed E-state index contributed by atoms with van der Waals surface area (Å²) in [5, 5.41) is 4.74. The van der Waals surface area contributed by atoms with Crippen molar-refractivity contribution >= 4 is 15.9 Å². The van der Waals surface area contributed by atoms with Gasteiger partial charge in [-0.3, -0.25) is 16.0 Å². The number of nitrogens with zero attached hydrogens (tertiary/aromatic N) is 2. The summed E-state index contributed by atoms with van der Waals surface area (Å²) in [6, 6.07) is 10.9. The minimum atomic E-state index is 0.0625. The van der Waals surface area contributed by atoms with Crippen molar-refractivity contribution < 1.29 is 0 Å². The van der Waals surface area contributed by atoms with Gasteiger partial charge in [-0.15, -0.1) is 0 Å². The predicted octanol–water partition coefficient (Wildman–Crippen LogP) is 3.51. The summed E-state index contributed by atoms with van der Waals surface area (Å²) < 4.78 is 3.21. The van der Waals surface area contributed by atoms with Crippen molar-refractivity contribution in [2.75, 3.05) is 0 Å². The van der Waals surface area contributed by atoms with Crippen molar-refractivity contribution in [1.29, 1.82) is 0 Å². The van der Waals surface area contributed by atoms with Crippen molar-refractivity contribution in [2.24, 2.45) is 5.84 Å². The molecule has 0 saturated heterocycles. The normalized spacial score (nSPS) is 17.2. The van der Waals surface area contributed by atoms with E-state index in [4.69, 9.17) is 10.9 Å². The Labute approximate surface area is 133 Å². The predicted molar refractivity (Wildman–Crippen MR) is 87.6 cm³/mol. The van der Waals surface area contributed by atoms with Gasteiger partial charge in [0.2, 0.25) is 0 Å². The molecule has 1 aromatic heterocycles. The molecule has 4 nitrogen and oxygen atoms in total. The fraction of sp³-hybridized carbons (Fsp3) is 0.438. The van der Waals surface area contributed by atoms with Gasteiger partial charge in [0.15, 0.2) is 0 Å². The minimum absolute atomic E-state index is 0.0625. The molecule has 1 atom stereocenters. The van der Waals surface area contributed by atoms with E-state index in [1.807, 2.05) is 18.2 Å². The van der Waals surface area contributed by atoms with Crippen LogP contribution in [0.25, 0.3) is 0 Å². The number of hydrogen-bond acceptors (Lipinski definition) is 3. The number of hydrazine groups is 1. The second kappa shape index (κ2) is 6.73. The average Bonchev–Trinajstić information content (AvgIpc) is 3.16. The van der Waals surface area contributed by atoms with Gasteiger partial charge >= 0.3 is 0 Å². The molecule has 0 spiro atoms. The highest BCUT2D eigenvalue weighted by Gasteiger charge is 2.19. The molecule has 0 bridgehead atoms. The monoisotopic (exact) mass is 348 g/mol. The van der Waals surface area contributed by atoms with E-state index in [0.717, 1.165) is 22.2 Å². The Morgan fingerprint density at radius 3 is 2.76 bits per heavy atom. The molecular formula is C16H21BrN4. The highest BCUT2D eigenvalue weighted by molar-refractivity contribution is 9.10. The van der Waals surface area contributed by atoms with Crippen molar-refractivity contribution in [2.45, 2.75) is 44.2 Å². The molecule has 3 N–H and O–H groups in total. The van der Waals surface area contributed by atoms with E-state index in [2.05, 4.69) is 44.4 Å². The van der Waals surface area contributed by atoms with Crippen LogP contribution in [-0.2, 0) is 6.42 Å². The van der Waals surface area contributed by atoms with Gasteiger partial charge in [0.05, 0.1) is 17.8 Å². The van der Waals surface area contributed by atoms with Crippen molar-refractivity contribution in [3.8, 4) is 0 Å². The minimum Gasteiger partial charge on any atom is -0.271 e. The largest absolute Gasteiger partial charge is 0.271 e. The molecule has 112 valence electrons. The van der Waals surface area contributed by atoms with Gasteiger partial charge in [0, 0.05) is 17.1 Å². The quantitative estimate of drug-likeness (QED) is 0.642.